The van der Waals surface area contributed by atoms with E-state index < -0.39 is 18.0 Å². The Morgan fingerprint density at radius 2 is 1.72 bits per heavy atom. The van der Waals surface area contributed by atoms with Crippen LogP contribution in [0.2, 0.25) is 0 Å². The van der Waals surface area contributed by atoms with Gasteiger partial charge in [-0.3, -0.25) is 9.59 Å². The van der Waals surface area contributed by atoms with E-state index in [0.29, 0.717) is 6.42 Å². The third-order valence-corrected chi connectivity index (χ3v) is 2.33. The lowest BCUT2D eigenvalue weighted by molar-refractivity contribution is -0.137. The van der Waals surface area contributed by atoms with Crippen molar-refractivity contribution in [3.8, 4) is 0 Å². The summed E-state index contributed by atoms with van der Waals surface area (Å²) < 4.78 is 0. The van der Waals surface area contributed by atoms with Crippen molar-refractivity contribution in [1.82, 2.24) is 15.5 Å². The Morgan fingerprint density at radius 3 is 2.17 bits per heavy atom. The summed E-state index contributed by atoms with van der Waals surface area (Å²) in [5, 5.41) is 13.6. The Morgan fingerprint density at radius 1 is 1.17 bits per heavy atom. The highest BCUT2D eigenvalue weighted by Crippen LogP contribution is 1.96. The SMILES string of the molecule is CC(CCC(=O)O)NC(=O)NC(C)C(=O)N(C)C. The molecule has 0 saturated heterocycles. The van der Waals surface area contributed by atoms with Crippen molar-refractivity contribution in [2.75, 3.05) is 14.1 Å². The minimum absolute atomic E-state index is 0.00632. The van der Waals surface area contributed by atoms with Crippen LogP contribution < -0.4 is 10.6 Å². The third kappa shape index (κ3) is 6.72. The maximum atomic E-state index is 11.5. The topological polar surface area (TPSA) is 98.7 Å². The number of aliphatic carboxylic acids is 1. The van der Waals surface area contributed by atoms with Gasteiger partial charge in [0.25, 0.3) is 0 Å². The van der Waals surface area contributed by atoms with Gasteiger partial charge < -0.3 is 20.6 Å². The number of carboxylic acids is 1. The first-order chi connectivity index (χ1) is 8.23. The normalized spacial score (nSPS) is 13.3. The van der Waals surface area contributed by atoms with E-state index in [2.05, 4.69) is 10.6 Å². The Bertz CT molecular complexity index is 317. The summed E-state index contributed by atoms with van der Waals surface area (Å²) in [7, 11) is 3.21. The highest BCUT2D eigenvalue weighted by atomic mass is 16.4. The number of hydrogen-bond acceptors (Lipinski definition) is 3. The molecule has 2 atom stereocenters. The van der Waals surface area contributed by atoms with Crippen LogP contribution in [0.3, 0.4) is 0 Å². The van der Waals surface area contributed by atoms with Crippen LogP contribution in [0.15, 0.2) is 0 Å². The summed E-state index contributed by atoms with van der Waals surface area (Å²) in [4.78, 5) is 34.7. The van der Waals surface area contributed by atoms with Crippen molar-refractivity contribution in [3.05, 3.63) is 0 Å². The standard InChI is InChI=1S/C11H21N3O4/c1-7(5-6-9(15)16)12-11(18)13-8(2)10(17)14(3)4/h7-8H,5-6H2,1-4H3,(H,15,16)(H2,12,13,18). The molecule has 0 aliphatic heterocycles. The fourth-order valence-corrected chi connectivity index (χ4v) is 1.32. The number of carbonyl (C=O) groups is 3. The van der Waals surface area contributed by atoms with Crippen LogP contribution >= 0.6 is 0 Å². The van der Waals surface area contributed by atoms with Crippen molar-refractivity contribution in [2.24, 2.45) is 0 Å². The number of nitrogens with one attached hydrogen (secondary N) is 2. The van der Waals surface area contributed by atoms with Gasteiger partial charge in [0, 0.05) is 26.6 Å². The Hall–Kier alpha value is -1.79. The molecular formula is C11H21N3O4. The number of likely N-dealkylation sites (N-methyl/N-ethyl adjacent to an activating group) is 1. The molecule has 0 fully saturated rings. The number of hydrogen-bond donors (Lipinski definition) is 3. The maximum absolute atomic E-state index is 11.5. The molecule has 104 valence electrons. The van der Waals surface area contributed by atoms with Gasteiger partial charge >= 0.3 is 12.0 Å². The highest BCUT2D eigenvalue weighted by Gasteiger charge is 2.18. The minimum Gasteiger partial charge on any atom is -0.481 e. The molecular weight excluding hydrogens is 238 g/mol. The maximum Gasteiger partial charge on any atom is 0.315 e. The van der Waals surface area contributed by atoms with Crippen LogP contribution in [-0.2, 0) is 9.59 Å². The zero-order valence-electron chi connectivity index (χ0n) is 11.2. The van der Waals surface area contributed by atoms with Gasteiger partial charge in [-0.05, 0) is 20.3 Å². The van der Waals surface area contributed by atoms with E-state index in [1.165, 1.54) is 4.90 Å². The summed E-state index contributed by atoms with van der Waals surface area (Å²) >= 11 is 0. The largest absolute Gasteiger partial charge is 0.481 e. The highest BCUT2D eigenvalue weighted by molar-refractivity contribution is 5.86. The molecule has 3 amide bonds. The molecule has 0 saturated carbocycles. The average Bonchev–Trinajstić information content (AvgIpc) is 2.24. The van der Waals surface area contributed by atoms with E-state index in [-0.39, 0.29) is 18.4 Å². The Labute approximate surface area is 107 Å². The van der Waals surface area contributed by atoms with Crippen LogP contribution in [0.4, 0.5) is 4.79 Å². The molecule has 0 bridgehead atoms. The monoisotopic (exact) mass is 259 g/mol. The summed E-state index contributed by atoms with van der Waals surface area (Å²) in [5.74, 6) is -1.11. The average molecular weight is 259 g/mol. The van der Waals surface area contributed by atoms with Crippen molar-refractivity contribution < 1.29 is 19.5 Å². The smallest absolute Gasteiger partial charge is 0.315 e. The van der Waals surface area contributed by atoms with Crippen molar-refractivity contribution in [3.63, 3.8) is 0 Å². The van der Waals surface area contributed by atoms with Gasteiger partial charge in [0.1, 0.15) is 6.04 Å². The van der Waals surface area contributed by atoms with Crippen LogP contribution in [0.25, 0.3) is 0 Å². The molecule has 3 N–H and O–H groups in total. The zero-order valence-corrected chi connectivity index (χ0v) is 11.2. The Kier molecular flexibility index (Phi) is 6.77. The van der Waals surface area contributed by atoms with Crippen LogP contribution in [-0.4, -0.2) is 54.1 Å². The Balaban J connectivity index is 4.03. The van der Waals surface area contributed by atoms with Crippen molar-refractivity contribution in [1.29, 1.82) is 0 Å². The molecule has 0 aromatic rings. The lowest BCUT2D eigenvalue weighted by atomic mass is 10.2. The number of rotatable bonds is 6. The van der Waals surface area contributed by atoms with E-state index in [1.807, 2.05) is 0 Å². The molecule has 0 rings (SSSR count). The first-order valence-electron chi connectivity index (χ1n) is 5.74. The molecule has 2 unspecified atom stereocenters. The number of carboxylic acid groups (broad SMARTS) is 1. The number of urea groups is 1. The van der Waals surface area contributed by atoms with Gasteiger partial charge in [-0.15, -0.1) is 0 Å². The van der Waals surface area contributed by atoms with Gasteiger partial charge in [0.15, 0.2) is 0 Å². The van der Waals surface area contributed by atoms with E-state index in [1.54, 1.807) is 27.9 Å². The van der Waals surface area contributed by atoms with Gasteiger partial charge in [0.05, 0.1) is 0 Å². The third-order valence-electron chi connectivity index (χ3n) is 2.33. The summed E-state index contributed by atoms with van der Waals surface area (Å²) in [5.41, 5.74) is 0. The van der Waals surface area contributed by atoms with Gasteiger partial charge in [-0.1, -0.05) is 0 Å². The predicted octanol–water partition coefficient (Wildman–Crippen LogP) is 0.0156. The predicted molar refractivity (Wildman–Crippen MR) is 66.2 cm³/mol. The first-order valence-corrected chi connectivity index (χ1v) is 5.74. The van der Waals surface area contributed by atoms with E-state index in [0.717, 1.165) is 0 Å². The number of carbonyl (C=O) groups excluding carboxylic acids is 2. The molecule has 7 nitrogen and oxygen atoms in total. The minimum atomic E-state index is -0.903. The van der Waals surface area contributed by atoms with Gasteiger partial charge in [0.2, 0.25) is 5.91 Å². The van der Waals surface area contributed by atoms with Crippen LogP contribution in [0.1, 0.15) is 26.7 Å². The second-order valence-corrected chi connectivity index (χ2v) is 4.41. The summed E-state index contributed by atoms with van der Waals surface area (Å²) in [6, 6.07) is -1.36. The summed E-state index contributed by atoms with van der Waals surface area (Å²) in [6.45, 7) is 3.30. The van der Waals surface area contributed by atoms with Crippen molar-refractivity contribution >= 4 is 17.9 Å². The molecule has 0 heterocycles. The van der Waals surface area contributed by atoms with E-state index in [9.17, 15) is 14.4 Å². The van der Waals surface area contributed by atoms with Crippen LogP contribution in [0, 0.1) is 0 Å². The summed E-state index contributed by atoms with van der Waals surface area (Å²) in [6.07, 6.45) is 0.340. The van der Waals surface area contributed by atoms with Crippen molar-refractivity contribution in [2.45, 2.75) is 38.8 Å². The molecule has 0 aliphatic carbocycles. The van der Waals surface area contributed by atoms with Gasteiger partial charge in [-0.2, -0.15) is 0 Å². The zero-order chi connectivity index (χ0) is 14.3. The van der Waals surface area contributed by atoms with Gasteiger partial charge in [-0.25, -0.2) is 4.79 Å². The molecule has 0 radical (unpaired) electrons. The van der Waals surface area contributed by atoms with Crippen LogP contribution in [0.5, 0.6) is 0 Å². The fraction of sp³-hybridized carbons (Fsp3) is 0.727. The second-order valence-electron chi connectivity index (χ2n) is 4.41. The first kappa shape index (κ1) is 16.2. The van der Waals surface area contributed by atoms with E-state index in [4.69, 9.17) is 5.11 Å². The molecule has 0 aliphatic rings. The second kappa shape index (κ2) is 7.52. The molecule has 7 heteroatoms. The van der Waals surface area contributed by atoms with E-state index >= 15 is 0 Å². The fourth-order valence-electron chi connectivity index (χ4n) is 1.32. The molecule has 18 heavy (non-hydrogen) atoms. The lowest BCUT2D eigenvalue weighted by Gasteiger charge is -2.20. The number of nitrogens with zero attached hydrogens (tertiary/aromatic N) is 1. The quantitative estimate of drug-likeness (QED) is 0.626. The molecule has 0 aromatic heterocycles. The number of amides is 3. The lowest BCUT2D eigenvalue weighted by Crippen LogP contribution is -2.49. The molecule has 0 aromatic carbocycles. The molecule has 0 spiro atoms.